The van der Waals surface area contributed by atoms with Crippen molar-refractivity contribution in [2.45, 2.75) is 58.2 Å². The summed E-state index contributed by atoms with van der Waals surface area (Å²) in [6.45, 7) is 8.26. The lowest BCUT2D eigenvalue weighted by atomic mass is 9.75. The number of epoxide rings is 1. The van der Waals surface area contributed by atoms with Gasteiger partial charge in [0, 0.05) is 12.3 Å². The molecule has 4 nitrogen and oxygen atoms in total. The van der Waals surface area contributed by atoms with E-state index in [1.54, 1.807) is 6.08 Å². The molecule has 0 unspecified atom stereocenters. The van der Waals surface area contributed by atoms with Gasteiger partial charge in [0.1, 0.15) is 12.2 Å². The molecule has 114 valence electrons. The Morgan fingerprint density at radius 1 is 1.38 bits per heavy atom. The Hall–Kier alpha value is -1.16. The van der Waals surface area contributed by atoms with Gasteiger partial charge in [-0.2, -0.15) is 0 Å². The van der Waals surface area contributed by atoms with Crippen molar-refractivity contribution in [3.8, 4) is 0 Å². The summed E-state index contributed by atoms with van der Waals surface area (Å²) in [6.07, 6.45) is 4.78. The maximum absolute atomic E-state index is 12.4. The minimum absolute atomic E-state index is 0.0862. The van der Waals surface area contributed by atoms with Crippen molar-refractivity contribution >= 4 is 11.8 Å². The average molecular weight is 290 g/mol. The molecule has 2 saturated carbocycles. The highest BCUT2D eigenvalue weighted by atomic mass is 16.6. The maximum Gasteiger partial charge on any atom is 0.302 e. The van der Waals surface area contributed by atoms with Crippen LogP contribution in [-0.2, 0) is 19.1 Å². The van der Waals surface area contributed by atoms with Crippen molar-refractivity contribution in [1.29, 1.82) is 0 Å². The van der Waals surface area contributed by atoms with Gasteiger partial charge in [-0.25, -0.2) is 0 Å². The predicted molar refractivity (Wildman–Crippen MR) is 75.5 cm³/mol. The minimum Gasteiger partial charge on any atom is -0.465 e. The van der Waals surface area contributed by atoms with Crippen LogP contribution in [0, 0.1) is 16.7 Å². The first-order valence-corrected chi connectivity index (χ1v) is 7.76. The van der Waals surface area contributed by atoms with Gasteiger partial charge in [-0.05, 0) is 49.2 Å². The van der Waals surface area contributed by atoms with Crippen LogP contribution in [0.2, 0.25) is 0 Å². The normalized spacial score (nSPS) is 48.5. The molecule has 0 aromatic carbocycles. The largest absolute Gasteiger partial charge is 0.465 e. The van der Waals surface area contributed by atoms with Crippen LogP contribution in [0.1, 0.15) is 47.0 Å². The van der Waals surface area contributed by atoms with Gasteiger partial charge in [-0.1, -0.05) is 13.8 Å². The highest BCUT2D eigenvalue weighted by molar-refractivity contribution is 6.06. The van der Waals surface area contributed by atoms with Crippen LogP contribution in [0.4, 0.5) is 0 Å². The summed E-state index contributed by atoms with van der Waals surface area (Å²) >= 11 is 0. The summed E-state index contributed by atoms with van der Waals surface area (Å²) in [7, 11) is 0. The molecule has 0 bridgehead atoms. The highest BCUT2D eigenvalue weighted by Crippen LogP contribution is 2.76. The van der Waals surface area contributed by atoms with Gasteiger partial charge >= 0.3 is 5.97 Å². The molecule has 21 heavy (non-hydrogen) atoms. The first-order valence-electron chi connectivity index (χ1n) is 7.76. The van der Waals surface area contributed by atoms with Crippen molar-refractivity contribution in [3.63, 3.8) is 0 Å². The van der Waals surface area contributed by atoms with E-state index in [0.717, 1.165) is 24.8 Å². The second-order valence-corrected chi connectivity index (χ2v) is 8.27. The first-order chi connectivity index (χ1) is 9.65. The fourth-order valence-corrected chi connectivity index (χ4v) is 4.99. The number of esters is 1. The van der Waals surface area contributed by atoms with Crippen LogP contribution in [0.25, 0.3) is 0 Å². The van der Waals surface area contributed by atoms with E-state index in [4.69, 9.17) is 9.47 Å². The fraction of sp³-hybridized carbons (Fsp3) is 0.765. The zero-order valence-corrected chi connectivity index (χ0v) is 13.1. The van der Waals surface area contributed by atoms with E-state index < -0.39 is 11.2 Å². The standard InChI is InChI=1S/C17H22O4/c1-10(18)20-9-16-7-11(16)6-14(2,3)8-17-12(16)5-13(19)15(17,4)21-17/h5,11H,6-9H2,1-4H3/t11-,15+,16-,17-/m0/s1. The van der Waals surface area contributed by atoms with E-state index in [1.165, 1.54) is 6.92 Å². The molecule has 3 aliphatic carbocycles. The van der Waals surface area contributed by atoms with Crippen LogP contribution >= 0.6 is 0 Å². The van der Waals surface area contributed by atoms with Crippen molar-refractivity contribution in [1.82, 2.24) is 0 Å². The fourth-order valence-electron chi connectivity index (χ4n) is 4.99. The van der Waals surface area contributed by atoms with Crippen LogP contribution in [-0.4, -0.2) is 29.6 Å². The zero-order chi connectivity index (χ0) is 15.3. The number of hydrogen-bond acceptors (Lipinski definition) is 4. The predicted octanol–water partition coefficient (Wildman–Crippen LogP) is 2.41. The molecule has 1 heterocycles. The van der Waals surface area contributed by atoms with Gasteiger partial charge < -0.3 is 9.47 Å². The number of rotatable bonds is 2. The summed E-state index contributed by atoms with van der Waals surface area (Å²) in [5.74, 6) is 0.330. The van der Waals surface area contributed by atoms with Gasteiger partial charge in [0.05, 0.1) is 0 Å². The Bertz CT molecular complexity index is 604. The topological polar surface area (TPSA) is 55.9 Å². The van der Waals surface area contributed by atoms with E-state index in [0.29, 0.717) is 12.5 Å². The van der Waals surface area contributed by atoms with Crippen molar-refractivity contribution in [2.75, 3.05) is 6.61 Å². The molecule has 1 aliphatic heterocycles. The van der Waals surface area contributed by atoms with Crippen molar-refractivity contribution in [2.24, 2.45) is 16.7 Å². The van der Waals surface area contributed by atoms with E-state index in [2.05, 4.69) is 13.8 Å². The molecule has 1 spiro atoms. The third-order valence-corrected chi connectivity index (χ3v) is 6.12. The van der Waals surface area contributed by atoms with Crippen LogP contribution in [0.5, 0.6) is 0 Å². The Kier molecular flexibility index (Phi) is 2.20. The number of carbonyl (C=O) groups excluding carboxylic acids is 2. The second-order valence-electron chi connectivity index (χ2n) is 8.27. The van der Waals surface area contributed by atoms with E-state index in [9.17, 15) is 9.59 Å². The Morgan fingerprint density at radius 3 is 2.71 bits per heavy atom. The monoisotopic (exact) mass is 290 g/mol. The molecule has 0 aromatic rings. The smallest absolute Gasteiger partial charge is 0.302 e. The van der Waals surface area contributed by atoms with Gasteiger partial charge in [0.15, 0.2) is 11.4 Å². The van der Waals surface area contributed by atoms with E-state index >= 15 is 0 Å². The number of ether oxygens (including phenoxy) is 2. The molecule has 4 heteroatoms. The first kappa shape index (κ1) is 13.5. The molecule has 0 radical (unpaired) electrons. The van der Waals surface area contributed by atoms with Crippen LogP contribution in [0.15, 0.2) is 11.6 Å². The molecule has 1 saturated heterocycles. The molecule has 4 rings (SSSR count). The summed E-state index contributed by atoms with van der Waals surface area (Å²) < 4.78 is 11.4. The SMILES string of the molecule is CC(=O)OC[C@@]12C[C@@H]1CC(C)(C)C[C@@]13O[C@]1(C)C(=O)C=C23. The Balaban J connectivity index is 1.76. The number of fused-ring (bicyclic) bond motifs is 2. The quantitative estimate of drug-likeness (QED) is 0.579. The van der Waals surface area contributed by atoms with Gasteiger partial charge in [-0.3, -0.25) is 9.59 Å². The molecule has 0 aromatic heterocycles. The minimum atomic E-state index is -0.666. The zero-order valence-electron chi connectivity index (χ0n) is 13.1. The molecular weight excluding hydrogens is 268 g/mol. The lowest BCUT2D eigenvalue weighted by Crippen LogP contribution is -2.32. The van der Waals surface area contributed by atoms with Crippen LogP contribution < -0.4 is 0 Å². The number of carbonyl (C=O) groups is 2. The lowest BCUT2D eigenvalue weighted by Gasteiger charge is -2.27. The summed E-state index contributed by atoms with van der Waals surface area (Å²) in [5.41, 5.74) is 0.00261. The second kappa shape index (κ2) is 3.43. The van der Waals surface area contributed by atoms with Gasteiger partial charge in [-0.15, -0.1) is 0 Å². The summed E-state index contributed by atoms with van der Waals surface area (Å²) in [5, 5.41) is 0. The molecular formula is C17H22O4. The summed E-state index contributed by atoms with van der Waals surface area (Å²) in [4.78, 5) is 23.6. The van der Waals surface area contributed by atoms with E-state index in [-0.39, 0.29) is 22.6 Å². The molecule has 0 amide bonds. The average Bonchev–Trinajstić information content (AvgIpc) is 3.16. The van der Waals surface area contributed by atoms with Gasteiger partial charge in [0.2, 0.25) is 0 Å². The van der Waals surface area contributed by atoms with Gasteiger partial charge in [0.25, 0.3) is 0 Å². The number of ketones is 1. The highest BCUT2D eigenvalue weighted by Gasteiger charge is 2.82. The van der Waals surface area contributed by atoms with Crippen molar-refractivity contribution < 1.29 is 19.1 Å². The lowest BCUT2D eigenvalue weighted by molar-refractivity contribution is -0.142. The Labute approximate surface area is 124 Å². The third kappa shape index (κ3) is 1.49. The van der Waals surface area contributed by atoms with E-state index in [1.807, 2.05) is 6.92 Å². The Morgan fingerprint density at radius 2 is 2.10 bits per heavy atom. The van der Waals surface area contributed by atoms with Crippen molar-refractivity contribution in [3.05, 3.63) is 11.6 Å². The van der Waals surface area contributed by atoms with Crippen LogP contribution in [0.3, 0.4) is 0 Å². The molecule has 4 aliphatic rings. The molecule has 4 atom stereocenters. The number of hydrogen-bond donors (Lipinski definition) is 0. The third-order valence-electron chi connectivity index (χ3n) is 6.12. The maximum atomic E-state index is 12.4. The molecule has 3 fully saturated rings. The summed E-state index contributed by atoms with van der Waals surface area (Å²) in [6, 6.07) is 0. The molecule has 0 N–H and O–H groups in total.